The van der Waals surface area contributed by atoms with Crippen molar-refractivity contribution in [3.05, 3.63) is 53.5 Å². The van der Waals surface area contributed by atoms with Gasteiger partial charge in [-0.1, -0.05) is 30.0 Å². The highest BCUT2D eigenvalue weighted by Gasteiger charge is 2.21. The first-order valence-electron chi connectivity index (χ1n) is 7.81. The number of hydrogen-bond donors (Lipinski definition) is 0. The Morgan fingerprint density at radius 1 is 1.12 bits per heavy atom. The number of halogens is 1. The van der Waals surface area contributed by atoms with Gasteiger partial charge < -0.3 is 8.98 Å². The topological polar surface area (TPSA) is 69.6 Å². The number of thiophene rings is 1. The van der Waals surface area contributed by atoms with Crippen LogP contribution in [0.25, 0.3) is 22.2 Å². The van der Waals surface area contributed by atoms with Gasteiger partial charge in [0.1, 0.15) is 5.82 Å². The lowest BCUT2D eigenvalue weighted by atomic mass is 10.2. The van der Waals surface area contributed by atoms with Gasteiger partial charge in [0, 0.05) is 7.05 Å². The van der Waals surface area contributed by atoms with Crippen LogP contribution in [0.5, 0.6) is 0 Å². The fourth-order valence-electron chi connectivity index (χ4n) is 2.40. The molecule has 0 unspecified atom stereocenters. The summed E-state index contributed by atoms with van der Waals surface area (Å²) >= 11 is 2.97. The van der Waals surface area contributed by atoms with Crippen LogP contribution in [0.2, 0.25) is 0 Å². The average molecular weight is 387 g/mol. The third-order valence-corrected chi connectivity index (χ3v) is 5.73. The van der Waals surface area contributed by atoms with Crippen molar-refractivity contribution < 1.29 is 8.81 Å². The van der Waals surface area contributed by atoms with Gasteiger partial charge in [0.25, 0.3) is 5.89 Å². The zero-order valence-electron chi connectivity index (χ0n) is 14.0. The Morgan fingerprint density at radius 2 is 1.96 bits per heavy atom. The smallest absolute Gasteiger partial charge is 0.257 e. The van der Waals surface area contributed by atoms with E-state index in [1.807, 2.05) is 31.5 Å². The number of rotatable bonds is 5. The summed E-state index contributed by atoms with van der Waals surface area (Å²) in [6, 6.07) is 10.4. The SMILES string of the molecule is C[C@H](Sc1nnc(-c2ccccc2F)n1C)c1nnc(-c2cccs2)o1. The molecule has 26 heavy (non-hydrogen) atoms. The van der Waals surface area contributed by atoms with E-state index in [1.54, 1.807) is 34.1 Å². The molecule has 0 saturated heterocycles. The molecule has 0 bridgehead atoms. The quantitative estimate of drug-likeness (QED) is 0.467. The zero-order valence-corrected chi connectivity index (χ0v) is 15.6. The molecule has 4 rings (SSSR count). The Kier molecular flexibility index (Phi) is 4.56. The molecule has 9 heteroatoms. The maximum absolute atomic E-state index is 14.0. The highest BCUT2D eigenvalue weighted by atomic mass is 32.2. The Balaban J connectivity index is 1.55. The lowest BCUT2D eigenvalue weighted by molar-refractivity contribution is 0.509. The first-order valence-corrected chi connectivity index (χ1v) is 9.57. The average Bonchev–Trinajstić information content (AvgIpc) is 3.37. The number of hydrogen-bond acceptors (Lipinski definition) is 7. The maximum atomic E-state index is 14.0. The van der Waals surface area contributed by atoms with Crippen LogP contribution in [0, 0.1) is 5.82 Å². The van der Waals surface area contributed by atoms with Crippen LogP contribution >= 0.6 is 23.1 Å². The summed E-state index contributed by atoms with van der Waals surface area (Å²) in [7, 11) is 1.81. The van der Waals surface area contributed by atoms with Gasteiger partial charge in [-0.25, -0.2) is 4.39 Å². The fourth-order valence-corrected chi connectivity index (χ4v) is 3.89. The largest absolute Gasteiger partial charge is 0.419 e. The molecule has 3 heterocycles. The number of benzene rings is 1. The summed E-state index contributed by atoms with van der Waals surface area (Å²) in [5.74, 6) is 1.16. The van der Waals surface area contributed by atoms with Crippen LogP contribution in [-0.4, -0.2) is 25.0 Å². The van der Waals surface area contributed by atoms with Gasteiger partial charge in [-0.05, 0) is 30.5 Å². The molecular formula is C17H14FN5OS2. The van der Waals surface area contributed by atoms with E-state index >= 15 is 0 Å². The monoisotopic (exact) mass is 387 g/mol. The van der Waals surface area contributed by atoms with E-state index in [1.165, 1.54) is 17.8 Å². The molecule has 0 radical (unpaired) electrons. The molecule has 4 aromatic rings. The minimum atomic E-state index is -0.329. The van der Waals surface area contributed by atoms with Gasteiger partial charge in [-0.3, -0.25) is 0 Å². The third kappa shape index (κ3) is 3.15. The molecule has 6 nitrogen and oxygen atoms in total. The second-order valence-corrected chi connectivity index (χ2v) is 7.78. The molecule has 0 aliphatic heterocycles. The van der Waals surface area contributed by atoms with Crippen molar-refractivity contribution in [3.63, 3.8) is 0 Å². The first-order chi connectivity index (χ1) is 12.6. The summed E-state index contributed by atoms with van der Waals surface area (Å²) in [4.78, 5) is 0.932. The molecule has 3 aromatic heterocycles. The van der Waals surface area contributed by atoms with E-state index in [0.29, 0.717) is 28.3 Å². The summed E-state index contributed by atoms with van der Waals surface area (Å²) in [5, 5.41) is 19.0. The molecule has 0 aliphatic rings. The number of aromatic nitrogens is 5. The Bertz CT molecular complexity index is 1030. The molecule has 0 saturated carbocycles. The lowest BCUT2D eigenvalue weighted by Crippen LogP contribution is -1.98. The third-order valence-electron chi connectivity index (χ3n) is 3.75. The molecule has 1 aromatic carbocycles. The fraction of sp³-hybridized carbons (Fsp3) is 0.176. The molecule has 0 aliphatic carbocycles. The summed E-state index contributed by atoms with van der Waals surface area (Å²) in [6.07, 6.45) is 0. The second-order valence-electron chi connectivity index (χ2n) is 5.53. The Hall–Kier alpha value is -2.52. The van der Waals surface area contributed by atoms with Gasteiger partial charge in [0.15, 0.2) is 11.0 Å². The number of nitrogens with zero attached hydrogens (tertiary/aromatic N) is 5. The van der Waals surface area contributed by atoms with Crippen molar-refractivity contribution in [3.8, 4) is 22.2 Å². The van der Waals surface area contributed by atoms with E-state index in [0.717, 1.165) is 4.88 Å². The van der Waals surface area contributed by atoms with Gasteiger partial charge in [-0.15, -0.1) is 31.7 Å². The summed E-state index contributed by atoms with van der Waals surface area (Å²) < 4.78 is 21.5. The van der Waals surface area contributed by atoms with E-state index < -0.39 is 0 Å². The highest BCUT2D eigenvalue weighted by molar-refractivity contribution is 7.99. The molecule has 0 N–H and O–H groups in total. The van der Waals surface area contributed by atoms with Crippen molar-refractivity contribution in [2.75, 3.05) is 0 Å². The second kappa shape index (κ2) is 7.00. The first kappa shape index (κ1) is 16.9. The zero-order chi connectivity index (χ0) is 18.1. The molecular weight excluding hydrogens is 373 g/mol. The van der Waals surface area contributed by atoms with Crippen LogP contribution in [0.4, 0.5) is 4.39 Å². The normalized spacial score (nSPS) is 12.4. The van der Waals surface area contributed by atoms with Crippen molar-refractivity contribution in [1.29, 1.82) is 0 Å². The standard InChI is InChI=1S/C17H14FN5OS2/c1-10(15-20-21-16(24-15)13-8-5-9-25-13)26-17-22-19-14(23(17)2)11-6-3-4-7-12(11)18/h3-10H,1-2H3/t10-/m0/s1. The van der Waals surface area contributed by atoms with Crippen LogP contribution < -0.4 is 0 Å². The predicted molar refractivity (Wildman–Crippen MR) is 98.3 cm³/mol. The number of thioether (sulfide) groups is 1. The Labute approximate surface area is 157 Å². The van der Waals surface area contributed by atoms with Crippen LogP contribution in [-0.2, 0) is 7.05 Å². The van der Waals surface area contributed by atoms with Gasteiger partial charge >= 0.3 is 0 Å². The molecule has 0 fully saturated rings. The van der Waals surface area contributed by atoms with Gasteiger partial charge in [0.05, 0.1) is 15.7 Å². The van der Waals surface area contributed by atoms with E-state index in [9.17, 15) is 4.39 Å². The molecule has 0 amide bonds. The molecule has 0 spiro atoms. The minimum Gasteiger partial charge on any atom is -0.419 e. The van der Waals surface area contributed by atoms with Crippen molar-refractivity contribution in [1.82, 2.24) is 25.0 Å². The lowest BCUT2D eigenvalue weighted by Gasteiger charge is -2.07. The molecule has 132 valence electrons. The van der Waals surface area contributed by atoms with E-state index in [2.05, 4.69) is 20.4 Å². The predicted octanol–water partition coefficient (Wildman–Crippen LogP) is 4.59. The minimum absolute atomic E-state index is 0.118. The van der Waals surface area contributed by atoms with Crippen LogP contribution in [0.3, 0.4) is 0 Å². The highest BCUT2D eigenvalue weighted by Crippen LogP contribution is 2.36. The summed E-state index contributed by atoms with van der Waals surface area (Å²) in [6.45, 7) is 1.95. The van der Waals surface area contributed by atoms with E-state index in [4.69, 9.17) is 4.42 Å². The maximum Gasteiger partial charge on any atom is 0.257 e. The van der Waals surface area contributed by atoms with Crippen molar-refractivity contribution in [2.45, 2.75) is 17.3 Å². The van der Waals surface area contributed by atoms with Crippen LogP contribution in [0.15, 0.2) is 51.4 Å². The van der Waals surface area contributed by atoms with E-state index in [-0.39, 0.29) is 11.1 Å². The summed E-state index contributed by atoms with van der Waals surface area (Å²) in [5.41, 5.74) is 0.416. The Morgan fingerprint density at radius 3 is 2.73 bits per heavy atom. The molecule has 1 atom stereocenters. The van der Waals surface area contributed by atoms with Gasteiger partial charge in [-0.2, -0.15) is 0 Å². The van der Waals surface area contributed by atoms with Crippen LogP contribution in [0.1, 0.15) is 18.1 Å². The van der Waals surface area contributed by atoms with Crippen molar-refractivity contribution >= 4 is 23.1 Å². The van der Waals surface area contributed by atoms with Gasteiger partial charge in [0.2, 0.25) is 5.89 Å². The van der Waals surface area contributed by atoms with Crippen molar-refractivity contribution in [2.24, 2.45) is 7.05 Å².